The van der Waals surface area contributed by atoms with E-state index in [1.165, 1.54) is 12.1 Å². The predicted molar refractivity (Wildman–Crippen MR) is 113 cm³/mol. The lowest BCUT2D eigenvalue weighted by molar-refractivity contribution is -0.179. The summed E-state index contributed by atoms with van der Waals surface area (Å²) in [6, 6.07) is 5.83. The van der Waals surface area contributed by atoms with Crippen molar-refractivity contribution in [2.24, 2.45) is 5.92 Å². The molecule has 0 spiro atoms. The third kappa shape index (κ3) is 5.95. The van der Waals surface area contributed by atoms with Crippen LogP contribution in [0.3, 0.4) is 0 Å². The third-order valence-electron chi connectivity index (χ3n) is 6.30. The van der Waals surface area contributed by atoms with E-state index in [0.29, 0.717) is 31.6 Å². The number of carbonyl (C=O) groups excluding carboxylic acids is 1. The minimum atomic E-state index is -4.20. The minimum Gasteiger partial charge on any atom is -0.371 e. The smallest absolute Gasteiger partial charge is 0.371 e. The second-order valence-electron chi connectivity index (χ2n) is 8.53. The number of nitriles is 1. The molecule has 0 bridgehead atoms. The van der Waals surface area contributed by atoms with Crippen LogP contribution in [-0.4, -0.2) is 58.0 Å². The number of benzene rings is 1. The van der Waals surface area contributed by atoms with Crippen LogP contribution in [-0.2, 0) is 14.6 Å². The number of nitrogens with zero attached hydrogens (tertiary/aromatic N) is 2. The first-order valence-electron chi connectivity index (χ1n) is 10.7. The Morgan fingerprint density at radius 1 is 1.21 bits per heavy atom. The zero-order valence-electron chi connectivity index (χ0n) is 17.9. The lowest BCUT2D eigenvalue weighted by atomic mass is 9.96. The van der Waals surface area contributed by atoms with Gasteiger partial charge >= 0.3 is 6.18 Å². The highest BCUT2D eigenvalue weighted by molar-refractivity contribution is 7.92. The third-order valence-corrected chi connectivity index (χ3v) is 8.52. The van der Waals surface area contributed by atoms with E-state index < -0.39 is 38.5 Å². The number of hydrogen-bond acceptors (Lipinski definition) is 6. The molecule has 12 heteroatoms. The SMILES string of the molecule is N#CC1(NC=O)CC1.O=S(=O)(c1ccc(N2CCC(C(F)(F)F)CC2)cc1F)C1CCNC1. The lowest BCUT2D eigenvalue weighted by Gasteiger charge is -2.34. The molecule has 0 aromatic heterocycles. The molecule has 7 nitrogen and oxygen atoms in total. The highest BCUT2D eigenvalue weighted by atomic mass is 32.2. The van der Waals surface area contributed by atoms with Crippen LogP contribution < -0.4 is 15.5 Å². The number of rotatable bonds is 5. The van der Waals surface area contributed by atoms with Gasteiger partial charge in [-0.3, -0.25) is 4.79 Å². The largest absolute Gasteiger partial charge is 0.391 e. The number of anilines is 1. The average Bonchev–Trinajstić information content (AvgIpc) is 3.32. The van der Waals surface area contributed by atoms with Gasteiger partial charge in [-0.2, -0.15) is 18.4 Å². The van der Waals surface area contributed by atoms with E-state index in [1.807, 2.05) is 6.07 Å². The molecule has 33 heavy (non-hydrogen) atoms. The van der Waals surface area contributed by atoms with Crippen LogP contribution in [0.4, 0.5) is 23.2 Å². The molecular weight excluding hydrogens is 464 g/mol. The first-order valence-corrected chi connectivity index (χ1v) is 12.3. The number of alkyl halides is 3. The fraction of sp³-hybridized carbons (Fsp3) is 0.619. The Kier molecular flexibility index (Phi) is 7.53. The maximum atomic E-state index is 14.4. The summed E-state index contributed by atoms with van der Waals surface area (Å²) < 4.78 is 77.5. The molecule has 1 aromatic rings. The van der Waals surface area contributed by atoms with Gasteiger partial charge in [0.15, 0.2) is 9.84 Å². The van der Waals surface area contributed by atoms with Crippen molar-refractivity contribution in [3.8, 4) is 6.07 Å². The fourth-order valence-electron chi connectivity index (χ4n) is 3.98. The molecule has 3 fully saturated rings. The fourth-order valence-corrected chi connectivity index (χ4v) is 5.69. The molecule has 2 heterocycles. The van der Waals surface area contributed by atoms with Gasteiger partial charge in [0.25, 0.3) is 0 Å². The lowest BCUT2D eigenvalue weighted by Crippen LogP contribution is -2.39. The van der Waals surface area contributed by atoms with Gasteiger partial charge in [0.2, 0.25) is 6.41 Å². The van der Waals surface area contributed by atoms with Crippen LogP contribution in [0.25, 0.3) is 0 Å². The van der Waals surface area contributed by atoms with Crippen LogP contribution in [0, 0.1) is 23.1 Å². The molecule has 1 unspecified atom stereocenters. The Morgan fingerprint density at radius 2 is 1.88 bits per heavy atom. The molecule has 1 aliphatic carbocycles. The quantitative estimate of drug-likeness (QED) is 0.486. The Bertz CT molecular complexity index is 992. The van der Waals surface area contributed by atoms with Gasteiger partial charge in [0.05, 0.1) is 17.2 Å². The summed E-state index contributed by atoms with van der Waals surface area (Å²) in [5, 5.41) is 13.1. The standard InChI is InChI=1S/C16H20F4N2O2S.C5H6N2O/c17-14-9-12(22-7-4-11(5-8-22)16(18,19)20)1-2-15(14)25(23,24)13-3-6-21-10-13;6-3-5(1-2-5)7-4-8/h1-2,9,11,13,21H,3-8,10H2;4H,1-2H2,(H,7,8). The van der Waals surface area contributed by atoms with Crippen molar-refractivity contribution >= 4 is 21.9 Å². The molecule has 1 aromatic carbocycles. The number of nitrogens with one attached hydrogen (secondary N) is 2. The number of amides is 1. The van der Waals surface area contributed by atoms with Crippen LogP contribution >= 0.6 is 0 Å². The second-order valence-corrected chi connectivity index (χ2v) is 10.7. The van der Waals surface area contributed by atoms with Crippen LogP contribution in [0.2, 0.25) is 0 Å². The molecule has 2 aliphatic heterocycles. The van der Waals surface area contributed by atoms with Crippen LogP contribution in [0.1, 0.15) is 32.1 Å². The van der Waals surface area contributed by atoms with Crippen molar-refractivity contribution in [3.05, 3.63) is 24.0 Å². The van der Waals surface area contributed by atoms with E-state index in [1.54, 1.807) is 4.90 Å². The van der Waals surface area contributed by atoms with Crippen molar-refractivity contribution in [1.29, 1.82) is 5.26 Å². The van der Waals surface area contributed by atoms with E-state index in [0.717, 1.165) is 18.9 Å². The molecule has 1 atom stereocenters. The topological polar surface area (TPSA) is 102 Å². The number of sulfone groups is 1. The number of carbonyl (C=O) groups is 1. The van der Waals surface area contributed by atoms with E-state index in [9.17, 15) is 30.8 Å². The summed E-state index contributed by atoms with van der Waals surface area (Å²) in [6.07, 6.45) is -1.66. The molecular formula is C21H26F4N4O3S. The summed E-state index contributed by atoms with van der Waals surface area (Å²) in [5.41, 5.74) is -0.0523. The second kappa shape index (κ2) is 9.85. The van der Waals surface area contributed by atoms with Gasteiger partial charge < -0.3 is 15.5 Å². The van der Waals surface area contributed by atoms with Gasteiger partial charge in [-0.15, -0.1) is 0 Å². The predicted octanol–water partition coefficient (Wildman–Crippen LogP) is 2.53. The molecule has 2 N–H and O–H groups in total. The monoisotopic (exact) mass is 490 g/mol. The van der Waals surface area contributed by atoms with Crippen molar-refractivity contribution in [3.63, 3.8) is 0 Å². The zero-order valence-corrected chi connectivity index (χ0v) is 18.7. The Hall–Kier alpha value is -2.39. The van der Waals surface area contributed by atoms with Gasteiger partial charge in [-0.25, -0.2) is 12.8 Å². The Morgan fingerprint density at radius 3 is 2.30 bits per heavy atom. The Balaban J connectivity index is 0.000000323. The molecule has 1 saturated carbocycles. The van der Waals surface area contributed by atoms with Crippen LogP contribution in [0.5, 0.6) is 0 Å². The first kappa shape index (κ1) is 25.2. The van der Waals surface area contributed by atoms with Gasteiger partial charge in [-0.05, 0) is 56.8 Å². The van der Waals surface area contributed by atoms with E-state index in [2.05, 4.69) is 10.6 Å². The summed E-state index contributed by atoms with van der Waals surface area (Å²) >= 11 is 0. The molecule has 1 amide bonds. The highest BCUT2D eigenvalue weighted by Gasteiger charge is 2.43. The van der Waals surface area contributed by atoms with Crippen molar-refractivity contribution in [2.45, 2.75) is 54.0 Å². The first-order chi connectivity index (χ1) is 15.5. The van der Waals surface area contributed by atoms with E-state index in [-0.39, 0.29) is 30.8 Å². The van der Waals surface area contributed by atoms with Gasteiger partial charge in [-0.1, -0.05) is 0 Å². The molecule has 2 saturated heterocycles. The number of halogens is 4. The van der Waals surface area contributed by atoms with Gasteiger partial charge in [0.1, 0.15) is 16.3 Å². The summed E-state index contributed by atoms with van der Waals surface area (Å²) in [6.45, 7) is 1.22. The normalized spacial score (nSPS) is 22.6. The molecule has 182 valence electrons. The number of hydrogen-bond donors (Lipinski definition) is 2. The average molecular weight is 491 g/mol. The van der Waals surface area contributed by atoms with Crippen LogP contribution in [0.15, 0.2) is 23.1 Å². The maximum absolute atomic E-state index is 14.4. The van der Waals surface area contributed by atoms with E-state index >= 15 is 0 Å². The number of piperidine rings is 1. The zero-order chi connectivity index (χ0) is 24.3. The Labute approximate surface area is 190 Å². The summed E-state index contributed by atoms with van der Waals surface area (Å²) in [4.78, 5) is 11.1. The molecule has 0 radical (unpaired) electrons. The van der Waals surface area contributed by atoms with Crippen molar-refractivity contribution in [1.82, 2.24) is 10.6 Å². The maximum Gasteiger partial charge on any atom is 0.391 e. The summed E-state index contributed by atoms with van der Waals surface area (Å²) in [7, 11) is -3.75. The molecule has 4 rings (SSSR count). The molecule has 3 aliphatic rings. The highest BCUT2D eigenvalue weighted by Crippen LogP contribution is 2.36. The van der Waals surface area contributed by atoms with Crippen molar-refractivity contribution in [2.75, 3.05) is 31.1 Å². The summed E-state index contributed by atoms with van der Waals surface area (Å²) in [5.74, 6) is -2.18. The van der Waals surface area contributed by atoms with E-state index in [4.69, 9.17) is 5.26 Å². The van der Waals surface area contributed by atoms with Gasteiger partial charge in [0, 0.05) is 25.3 Å². The van der Waals surface area contributed by atoms with Crippen molar-refractivity contribution < 1.29 is 30.8 Å². The minimum absolute atomic E-state index is 0.0427.